The van der Waals surface area contributed by atoms with Crippen LogP contribution in [0, 0.1) is 0 Å². The fourth-order valence-electron chi connectivity index (χ4n) is 1.92. The van der Waals surface area contributed by atoms with Crippen LogP contribution in [0.3, 0.4) is 0 Å². The normalized spacial score (nSPS) is 11.3. The minimum Gasteiger partial charge on any atom is -0.490 e. The van der Waals surface area contributed by atoms with E-state index < -0.39 is 22.9 Å². The van der Waals surface area contributed by atoms with Crippen molar-refractivity contribution in [3.63, 3.8) is 0 Å². The molecule has 0 aliphatic carbocycles. The third-order valence-electron chi connectivity index (χ3n) is 2.98. The molecule has 8 nitrogen and oxygen atoms in total. The molecule has 0 saturated heterocycles. The first-order chi connectivity index (χ1) is 11.8. The highest BCUT2D eigenvalue weighted by molar-refractivity contribution is 5.49. The molecule has 2 aromatic rings. The zero-order valence-electron chi connectivity index (χ0n) is 13.4. The van der Waals surface area contributed by atoms with Crippen LogP contribution in [0.4, 0.5) is 19.1 Å². The SMILES string of the molecule is CCOc1ccc(-n2cnc(N(N)C(F)(F)F)nc2=O)cc1OCC. The molecule has 1 aromatic carbocycles. The van der Waals surface area contributed by atoms with E-state index in [4.69, 9.17) is 15.3 Å². The van der Waals surface area contributed by atoms with E-state index in [1.807, 2.05) is 0 Å². The lowest BCUT2D eigenvalue weighted by atomic mass is 10.2. The summed E-state index contributed by atoms with van der Waals surface area (Å²) in [6.07, 6.45) is -4.00. The number of benzene rings is 1. The maximum atomic E-state index is 12.5. The molecule has 2 rings (SSSR count). The van der Waals surface area contributed by atoms with E-state index in [1.165, 1.54) is 12.1 Å². The summed E-state index contributed by atoms with van der Waals surface area (Å²) >= 11 is 0. The van der Waals surface area contributed by atoms with Crippen molar-refractivity contribution in [1.82, 2.24) is 14.5 Å². The van der Waals surface area contributed by atoms with Crippen molar-refractivity contribution in [2.45, 2.75) is 20.1 Å². The lowest BCUT2D eigenvalue weighted by Crippen LogP contribution is -2.46. The molecule has 0 unspecified atom stereocenters. The molecule has 0 aliphatic rings. The molecule has 136 valence electrons. The number of hydrazine groups is 1. The number of ether oxygens (including phenoxy) is 2. The van der Waals surface area contributed by atoms with Crippen molar-refractivity contribution < 1.29 is 22.6 Å². The van der Waals surface area contributed by atoms with Crippen LogP contribution in [0.1, 0.15) is 13.8 Å². The van der Waals surface area contributed by atoms with Gasteiger partial charge in [-0.05, 0) is 26.0 Å². The van der Waals surface area contributed by atoms with E-state index >= 15 is 0 Å². The lowest BCUT2D eigenvalue weighted by molar-refractivity contribution is -0.130. The maximum absolute atomic E-state index is 12.5. The molecule has 11 heteroatoms. The molecule has 25 heavy (non-hydrogen) atoms. The first-order valence-corrected chi connectivity index (χ1v) is 7.25. The second kappa shape index (κ2) is 7.38. The highest BCUT2D eigenvalue weighted by Crippen LogP contribution is 2.29. The van der Waals surface area contributed by atoms with Gasteiger partial charge in [-0.15, -0.1) is 13.2 Å². The van der Waals surface area contributed by atoms with Crippen LogP contribution < -0.4 is 26.0 Å². The van der Waals surface area contributed by atoms with Crippen molar-refractivity contribution in [1.29, 1.82) is 0 Å². The summed E-state index contributed by atoms with van der Waals surface area (Å²) in [5.74, 6) is 4.75. The summed E-state index contributed by atoms with van der Waals surface area (Å²) in [5.41, 5.74) is -0.671. The van der Waals surface area contributed by atoms with Gasteiger partial charge in [0.25, 0.3) is 5.95 Å². The molecular weight excluding hydrogens is 343 g/mol. The Labute approximate surface area is 140 Å². The van der Waals surface area contributed by atoms with E-state index in [9.17, 15) is 18.0 Å². The number of nitrogens with two attached hydrogens (primary N) is 1. The number of halogens is 3. The van der Waals surface area contributed by atoms with E-state index in [-0.39, 0.29) is 0 Å². The van der Waals surface area contributed by atoms with Crippen LogP contribution in [-0.4, -0.2) is 34.0 Å². The minimum absolute atomic E-state index is 0.305. The number of rotatable bonds is 6. The highest BCUT2D eigenvalue weighted by Gasteiger charge is 2.37. The van der Waals surface area contributed by atoms with Gasteiger partial charge in [0, 0.05) is 6.07 Å². The second-order valence-electron chi connectivity index (χ2n) is 4.64. The Hall–Kier alpha value is -2.82. The number of hydrogen-bond acceptors (Lipinski definition) is 7. The van der Waals surface area contributed by atoms with E-state index in [1.54, 1.807) is 19.9 Å². The van der Waals surface area contributed by atoms with Gasteiger partial charge in [-0.3, -0.25) is 4.57 Å². The molecule has 1 heterocycles. The van der Waals surface area contributed by atoms with E-state index in [0.29, 0.717) is 30.4 Å². The van der Waals surface area contributed by atoms with Crippen molar-refractivity contribution in [2.24, 2.45) is 5.84 Å². The molecule has 2 N–H and O–H groups in total. The summed E-state index contributed by atoms with van der Waals surface area (Å²) in [6.45, 7) is 4.36. The summed E-state index contributed by atoms with van der Waals surface area (Å²) in [6, 6.07) is 4.61. The van der Waals surface area contributed by atoms with Gasteiger partial charge in [-0.25, -0.2) is 15.6 Å². The molecule has 0 amide bonds. The van der Waals surface area contributed by atoms with E-state index in [2.05, 4.69) is 9.97 Å². The van der Waals surface area contributed by atoms with Gasteiger partial charge in [-0.1, -0.05) is 0 Å². The number of anilines is 1. The maximum Gasteiger partial charge on any atom is 0.501 e. The predicted molar refractivity (Wildman–Crippen MR) is 82.7 cm³/mol. The number of nitrogens with zero attached hydrogens (tertiary/aromatic N) is 4. The summed E-state index contributed by atoms with van der Waals surface area (Å²) in [5, 5.41) is -0.636. The Balaban J connectivity index is 2.42. The lowest BCUT2D eigenvalue weighted by Gasteiger charge is -2.19. The van der Waals surface area contributed by atoms with Gasteiger partial charge in [0.2, 0.25) is 0 Å². The fraction of sp³-hybridized carbons (Fsp3) is 0.357. The number of alkyl halides is 3. The number of aromatic nitrogens is 3. The smallest absolute Gasteiger partial charge is 0.490 e. The van der Waals surface area contributed by atoms with Gasteiger partial charge in [0.1, 0.15) is 6.33 Å². The Bertz CT molecular complexity index is 794. The Morgan fingerprint density at radius 1 is 1.20 bits per heavy atom. The second-order valence-corrected chi connectivity index (χ2v) is 4.64. The van der Waals surface area contributed by atoms with Gasteiger partial charge in [0.15, 0.2) is 11.5 Å². The quantitative estimate of drug-likeness (QED) is 0.476. The zero-order chi connectivity index (χ0) is 18.6. The molecule has 0 spiro atoms. The zero-order valence-corrected chi connectivity index (χ0v) is 13.4. The summed E-state index contributed by atoms with van der Waals surface area (Å²) in [7, 11) is 0. The van der Waals surface area contributed by atoms with Crippen molar-refractivity contribution >= 4 is 5.95 Å². The van der Waals surface area contributed by atoms with Crippen LogP contribution in [0.15, 0.2) is 29.3 Å². The van der Waals surface area contributed by atoms with Crippen LogP contribution in [-0.2, 0) is 0 Å². The molecule has 0 atom stereocenters. The summed E-state index contributed by atoms with van der Waals surface area (Å²) in [4.78, 5) is 18.8. The van der Waals surface area contributed by atoms with Gasteiger partial charge < -0.3 is 9.47 Å². The first kappa shape index (κ1) is 18.5. The standard InChI is InChI=1S/C14H16F3N5O3/c1-3-24-10-6-5-9(7-11(10)25-4-2)21-8-19-12(20-13(21)23)22(18)14(15,16)17/h5-8H,3-4,18H2,1-2H3. The third kappa shape index (κ3) is 4.18. The highest BCUT2D eigenvalue weighted by atomic mass is 19.4. The topological polar surface area (TPSA) is 95.5 Å². The van der Waals surface area contributed by atoms with Gasteiger partial charge in [0.05, 0.1) is 18.9 Å². The van der Waals surface area contributed by atoms with Crippen LogP contribution >= 0.6 is 0 Å². The largest absolute Gasteiger partial charge is 0.501 e. The monoisotopic (exact) mass is 359 g/mol. The van der Waals surface area contributed by atoms with Crippen LogP contribution in [0.2, 0.25) is 0 Å². The molecule has 0 radical (unpaired) electrons. The predicted octanol–water partition coefficient (Wildman–Crippen LogP) is 1.62. The van der Waals surface area contributed by atoms with E-state index in [0.717, 1.165) is 10.9 Å². The van der Waals surface area contributed by atoms with Gasteiger partial charge in [-0.2, -0.15) is 9.99 Å². The molecule has 0 aliphatic heterocycles. The third-order valence-corrected chi connectivity index (χ3v) is 2.98. The fourth-order valence-corrected chi connectivity index (χ4v) is 1.92. The van der Waals surface area contributed by atoms with Gasteiger partial charge >= 0.3 is 12.0 Å². The van der Waals surface area contributed by atoms with Crippen molar-refractivity contribution in [3.8, 4) is 17.2 Å². The van der Waals surface area contributed by atoms with Crippen LogP contribution in [0.25, 0.3) is 5.69 Å². The van der Waals surface area contributed by atoms with Crippen LogP contribution in [0.5, 0.6) is 11.5 Å². The molecule has 1 aromatic heterocycles. The average molecular weight is 359 g/mol. The molecule has 0 fully saturated rings. The summed E-state index contributed by atoms with van der Waals surface area (Å²) < 4.78 is 49.4. The molecule has 0 saturated carbocycles. The Morgan fingerprint density at radius 3 is 2.40 bits per heavy atom. The number of hydrogen-bond donors (Lipinski definition) is 1. The minimum atomic E-state index is -4.90. The Morgan fingerprint density at radius 2 is 1.84 bits per heavy atom. The Kier molecular flexibility index (Phi) is 5.47. The molecular formula is C14H16F3N5O3. The first-order valence-electron chi connectivity index (χ1n) is 7.25. The van der Waals surface area contributed by atoms with Crippen molar-refractivity contribution in [3.05, 3.63) is 35.0 Å². The average Bonchev–Trinajstić information content (AvgIpc) is 2.55. The van der Waals surface area contributed by atoms with Crippen molar-refractivity contribution in [2.75, 3.05) is 18.2 Å². The molecule has 0 bridgehead atoms.